The van der Waals surface area contributed by atoms with Crippen LogP contribution in [0, 0.1) is 6.92 Å². The first-order chi connectivity index (χ1) is 11.6. The summed E-state index contributed by atoms with van der Waals surface area (Å²) in [6.45, 7) is 2.33. The van der Waals surface area contributed by atoms with Crippen molar-refractivity contribution in [3.63, 3.8) is 0 Å². The van der Waals surface area contributed by atoms with Gasteiger partial charge in [-0.15, -0.1) is 0 Å². The highest BCUT2D eigenvalue weighted by molar-refractivity contribution is 9.10. The van der Waals surface area contributed by atoms with E-state index in [1.165, 1.54) is 12.4 Å². The van der Waals surface area contributed by atoms with E-state index in [2.05, 4.69) is 36.5 Å². The Kier molecular flexibility index (Phi) is 4.90. The molecule has 1 amide bonds. The number of aryl methyl sites for hydroxylation is 1. The molecule has 0 spiro atoms. The van der Waals surface area contributed by atoms with Gasteiger partial charge in [-0.1, -0.05) is 22.0 Å². The van der Waals surface area contributed by atoms with Crippen LogP contribution in [-0.4, -0.2) is 15.9 Å². The number of rotatable bonds is 5. The van der Waals surface area contributed by atoms with Crippen LogP contribution in [0.5, 0.6) is 0 Å². The number of furan rings is 1. The fourth-order valence-corrected chi connectivity index (χ4v) is 2.38. The van der Waals surface area contributed by atoms with Gasteiger partial charge in [0.25, 0.3) is 5.91 Å². The Hall–Kier alpha value is -2.67. The molecule has 0 bridgehead atoms. The number of nitrogens with one attached hydrogen (secondary N) is 2. The predicted octanol–water partition coefficient (Wildman–Crippen LogP) is 3.81. The maximum Gasteiger partial charge on any atom is 0.271 e. The van der Waals surface area contributed by atoms with Crippen LogP contribution in [0.25, 0.3) is 0 Å². The summed E-state index contributed by atoms with van der Waals surface area (Å²) in [5.41, 5.74) is 2.28. The Labute approximate surface area is 147 Å². The number of carbonyl (C=O) groups is 1. The van der Waals surface area contributed by atoms with Crippen molar-refractivity contribution in [2.45, 2.75) is 13.5 Å². The smallest absolute Gasteiger partial charge is 0.271 e. The Morgan fingerprint density at radius 3 is 2.79 bits per heavy atom. The maximum absolute atomic E-state index is 12.0. The summed E-state index contributed by atoms with van der Waals surface area (Å²) in [4.78, 5) is 20.4. The van der Waals surface area contributed by atoms with E-state index >= 15 is 0 Å². The SMILES string of the molecule is Cc1ccc(Nc2cnc(C(=O)NCc3ccco3)cn2)cc1Br. The predicted molar refractivity (Wildman–Crippen MR) is 94.1 cm³/mol. The molecule has 0 radical (unpaired) electrons. The molecule has 122 valence electrons. The summed E-state index contributed by atoms with van der Waals surface area (Å²) in [5, 5.41) is 5.86. The van der Waals surface area contributed by atoms with Gasteiger partial charge < -0.3 is 15.1 Å². The molecule has 2 N–H and O–H groups in total. The first-order valence-electron chi connectivity index (χ1n) is 7.27. The summed E-state index contributed by atoms with van der Waals surface area (Å²) in [6.07, 6.45) is 4.52. The quantitative estimate of drug-likeness (QED) is 0.696. The lowest BCUT2D eigenvalue weighted by molar-refractivity contribution is 0.0942. The zero-order valence-corrected chi connectivity index (χ0v) is 14.5. The van der Waals surface area contributed by atoms with Gasteiger partial charge in [0.15, 0.2) is 0 Å². The molecule has 0 saturated carbocycles. The van der Waals surface area contributed by atoms with Crippen molar-refractivity contribution in [1.82, 2.24) is 15.3 Å². The Morgan fingerprint density at radius 1 is 1.25 bits per heavy atom. The molecule has 0 unspecified atom stereocenters. The normalized spacial score (nSPS) is 10.4. The van der Waals surface area contributed by atoms with Crippen molar-refractivity contribution in [2.24, 2.45) is 0 Å². The molecule has 0 aliphatic rings. The summed E-state index contributed by atoms with van der Waals surface area (Å²) < 4.78 is 6.17. The van der Waals surface area contributed by atoms with E-state index in [0.29, 0.717) is 18.1 Å². The summed E-state index contributed by atoms with van der Waals surface area (Å²) in [7, 11) is 0. The molecule has 0 atom stereocenters. The number of aromatic nitrogens is 2. The van der Waals surface area contributed by atoms with Gasteiger partial charge in [-0.05, 0) is 36.8 Å². The Bertz CT molecular complexity index is 832. The largest absolute Gasteiger partial charge is 0.467 e. The number of nitrogens with zero attached hydrogens (tertiary/aromatic N) is 2. The van der Waals surface area contributed by atoms with Crippen molar-refractivity contribution in [3.05, 3.63) is 70.5 Å². The lowest BCUT2D eigenvalue weighted by atomic mass is 10.2. The van der Waals surface area contributed by atoms with Gasteiger partial charge in [0, 0.05) is 10.2 Å². The minimum absolute atomic E-state index is 0.247. The van der Waals surface area contributed by atoms with Gasteiger partial charge in [0.05, 0.1) is 25.2 Å². The minimum Gasteiger partial charge on any atom is -0.467 e. The van der Waals surface area contributed by atoms with Crippen LogP contribution in [0.15, 0.2) is 57.9 Å². The molecule has 0 fully saturated rings. The highest BCUT2D eigenvalue weighted by Crippen LogP contribution is 2.22. The second-order valence-corrected chi connectivity index (χ2v) is 5.99. The van der Waals surface area contributed by atoms with E-state index in [1.54, 1.807) is 18.4 Å². The topological polar surface area (TPSA) is 80.0 Å². The fourth-order valence-electron chi connectivity index (χ4n) is 2.00. The van der Waals surface area contributed by atoms with Crippen LogP contribution in [-0.2, 0) is 6.54 Å². The van der Waals surface area contributed by atoms with Gasteiger partial charge in [-0.3, -0.25) is 4.79 Å². The Balaban J connectivity index is 1.62. The van der Waals surface area contributed by atoms with Crippen LogP contribution in [0.4, 0.5) is 11.5 Å². The molecular formula is C17H15BrN4O2. The van der Waals surface area contributed by atoms with Gasteiger partial charge in [-0.2, -0.15) is 0 Å². The summed E-state index contributed by atoms with van der Waals surface area (Å²) >= 11 is 3.49. The number of amides is 1. The van der Waals surface area contributed by atoms with Gasteiger partial charge in [0.2, 0.25) is 0 Å². The second-order valence-electron chi connectivity index (χ2n) is 5.14. The zero-order chi connectivity index (χ0) is 16.9. The number of anilines is 2. The lowest BCUT2D eigenvalue weighted by Crippen LogP contribution is -2.23. The lowest BCUT2D eigenvalue weighted by Gasteiger charge is -2.08. The standard InChI is InChI=1S/C17H15BrN4O2/c1-11-4-5-12(7-14(11)18)22-16-10-19-15(9-20-16)17(23)21-8-13-3-2-6-24-13/h2-7,9-10H,8H2,1H3,(H,20,22)(H,21,23). The van der Waals surface area contributed by atoms with Crippen molar-refractivity contribution >= 4 is 33.3 Å². The molecule has 2 heterocycles. The second kappa shape index (κ2) is 7.27. The third kappa shape index (κ3) is 3.99. The molecule has 0 aliphatic carbocycles. The highest BCUT2D eigenvalue weighted by atomic mass is 79.9. The summed E-state index contributed by atoms with van der Waals surface area (Å²) in [5.74, 6) is 0.941. The maximum atomic E-state index is 12.0. The first-order valence-corrected chi connectivity index (χ1v) is 8.07. The van der Waals surface area contributed by atoms with Crippen molar-refractivity contribution in [3.8, 4) is 0 Å². The van der Waals surface area contributed by atoms with E-state index in [4.69, 9.17) is 4.42 Å². The summed E-state index contributed by atoms with van der Waals surface area (Å²) in [6, 6.07) is 9.47. The van der Waals surface area contributed by atoms with E-state index in [9.17, 15) is 4.79 Å². The van der Waals surface area contributed by atoms with Crippen LogP contribution in [0.3, 0.4) is 0 Å². The zero-order valence-electron chi connectivity index (χ0n) is 12.9. The van der Waals surface area contributed by atoms with E-state index in [1.807, 2.05) is 25.1 Å². The van der Waals surface area contributed by atoms with Gasteiger partial charge in [-0.25, -0.2) is 9.97 Å². The fraction of sp³-hybridized carbons (Fsp3) is 0.118. The van der Waals surface area contributed by atoms with Crippen LogP contribution < -0.4 is 10.6 Å². The van der Waals surface area contributed by atoms with E-state index in [-0.39, 0.29) is 11.6 Å². The molecule has 3 aromatic rings. The number of hydrogen-bond donors (Lipinski definition) is 2. The monoisotopic (exact) mass is 386 g/mol. The number of carbonyl (C=O) groups excluding carboxylic acids is 1. The third-order valence-electron chi connectivity index (χ3n) is 3.33. The molecule has 6 nitrogen and oxygen atoms in total. The van der Waals surface area contributed by atoms with Crippen LogP contribution in [0.1, 0.15) is 21.8 Å². The highest BCUT2D eigenvalue weighted by Gasteiger charge is 2.09. The van der Waals surface area contributed by atoms with Crippen molar-refractivity contribution < 1.29 is 9.21 Å². The average Bonchev–Trinajstić information content (AvgIpc) is 3.10. The molecule has 3 rings (SSSR count). The molecule has 1 aromatic carbocycles. The average molecular weight is 387 g/mol. The molecule has 7 heteroatoms. The minimum atomic E-state index is -0.302. The van der Waals surface area contributed by atoms with Crippen LogP contribution >= 0.6 is 15.9 Å². The first kappa shape index (κ1) is 16.2. The molecular weight excluding hydrogens is 372 g/mol. The number of halogens is 1. The molecule has 0 aliphatic heterocycles. The molecule has 0 saturated heterocycles. The molecule has 2 aromatic heterocycles. The third-order valence-corrected chi connectivity index (χ3v) is 4.19. The van der Waals surface area contributed by atoms with Gasteiger partial charge >= 0.3 is 0 Å². The number of hydrogen-bond acceptors (Lipinski definition) is 5. The van der Waals surface area contributed by atoms with E-state index in [0.717, 1.165) is 15.7 Å². The molecule has 24 heavy (non-hydrogen) atoms. The number of benzene rings is 1. The van der Waals surface area contributed by atoms with E-state index < -0.39 is 0 Å². The van der Waals surface area contributed by atoms with Crippen LogP contribution in [0.2, 0.25) is 0 Å². The van der Waals surface area contributed by atoms with Crippen molar-refractivity contribution in [1.29, 1.82) is 0 Å². The van der Waals surface area contributed by atoms with Crippen molar-refractivity contribution in [2.75, 3.05) is 5.32 Å². The van der Waals surface area contributed by atoms with Gasteiger partial charge in [0.1, 0.15) is 17.3 Å². The Morgan fingerprint density at radius 2 is 2.12 bits per heavy atom.